The van der Waals surface area contributed by atoms with Gasteiger partial charge >= 0.3 is 0 Å². The fourth-order valence-electron chi connectivity index (χ4n) is 2.15. The normalized spacial score (nSPS) is 20.0. The zero-order valence-electron chi connectivity index (χ0n) is 12.6. The number of ether oxygens (including phenoxy) is 1. The number of sulfonamides is 1. The Bertz CT molecular complexity index is 534. The molecule has 1 atom stereocenters. The Morgan fingerprint density at radius 3 is 2.90 bits per heavy atom. The summed E-state index contributed by atoms with van der Waals surface area (Å²) < 4.78 is 32.7. The molecule has 0 bridgehead atoms. The summed E-state index contributed by atoms with van der Waals surface area (Å²) >= 11 is 1.47. The van der Waals surface area contributed by atoms with Crippen molar-refractivity contribution in [1.82, 2.24) is 10.0 Å². The van der Waals surface area contributed by atoms with Gasteiger partial charge in [-0.25, -0.2) is 13.1 Å². The molecule has 2 rings (SSSR count). The Morgan fingerprint density at radius 2 is 2.24 bits per heavy atom. The van der Waals surface area contributed by atoms with Crippen LogP contribution in [0.2, 0.25) is 0 Å². The highest BCUT2D eigenvalue weighted by molar-refractivity contribution is 7.89. The summed E-state index contributed by atoms with van der Waals surface area (Å²) in [6, 6.07) is 2.12. The molecule has 120 valence electrons. The highest BCUT2D eigenvalue weighted by Crippen LogP contribution is 2.20. The molecule has 21 heavy (non-hydrogen) atoms. The zero-order valence-corrected chi connectivity index (χ0v) is 14.2. The standard InChI is InChI=1S/C14H24N2O3S2/c1-11(2)15-9-13-7-14(10-20-13)21(17,18)16-8-12-5-3-4-6-19-12/h7,10-12,15-16H,3-6,8-9H2,1-2H3. The van der Waals surface area contributed by atoms with Crippen molar-refractivity contribution in [3.63, 3.8) is 0 Å². The van der Waals surface area contributed by atoms with E-state index in [2.05, 4.69) is 23.9 Å². The van der Waals surface area contributed by atoms with Crippen LogP contribution in [0, 0.1) is 0 Å². The maximum Gasteiger partial charge on any atom is 0.241 e. The van der Waals surface area contributed by atoms with E-state index in [-0.39, 0.29) is 6.10 Å². The molecular formula is C14H24N2O3S2. The summed E-state index contributed by atoms with van der Waals surface area (Å²) in [5.41, 5.74) is 0. The van der Waals surface area contributed by atoms with Crippen molar-refractivity contribution in [2.24, 2.45) is 0 Å². The maximum absolute atomic E-state index is 12.2. The maximum atomic E-state index is 12.2. The smallest absolute Gasteiger partial charge is 0.241 e. The molecule has 2 heterocycles. The molecule has 2 N–H and O–H groups in total. The van der Waals surface area contributed by atoms with Gasteiger partial charge in [-0.3, -0.25) is 0 Å². The van der Waals surface area contributed by atoms with Crippen molar-refractivity contribution in [1.29, 1.82) is 0 Å². The predicted molar refractivity (Wildman–Crippen MR) is 85.1 cm³/mol. The first-order valence-corrected chi connectivity index (χ1v) is 9.76. The number of thiophene rings is 1. The zero-order chi connectivity index (χ0) is 15.3. The Labute approximate surface area is 131 Å². The van der Waals surface area contributed by atoms with E-state index in [1.807, 2.05) is 0 Å². The first-order valence-electron chi connectivity index (χ1n) is 7.39. The average molecular weight is 332 g/mol. The summed E-state index contributed by atoms with van der Waals surface area (Å²) in [5.74, 6) is 0. The molecule has 1 fully saturated rings. The van der Waals surface area contributed by atoms with Gasteiger partial charge in [0.2, 0.25) is 10.0 Å². The lowest BCUT2D eigenvalue weighted by Gasteiger charge is -2.22. The van der Waals surface area contributed by atoms with Crippen molar-refractivity contribution in [3.05, 3.63) is 16.3 Å². The summed E-state index contributed by atoms with van der Waals surface area (Å²) in [6.45, 7) is 5.92. The molecule has 0 aromatic carbocycles. The van der Waals surface area contributed by atoms with Crippen LogP contribution in [-0.2, 0) is 21.3 Å². The third-order valence-corrected chi connectivity index (χ3v) is 5.89. The van der Waals surface area contributed by atoms with Crippen LogP contribution in [0.15, 0.2) is 16.3 Å². The summed E-state index contributed by atoms with van der Waals surface area (Å²) in [5, 5.41) is 4.98. The van der Waals surface area contributed by atoms with Crippen LogP contribution in [0.25, 0.3) is 0 Å². The van der Waals surface area contributed by atoms with E-state index >= 15 is 0 Å². The monoisotopic (exact) mass is 332 g/mol. The van der Waals surface area contributed by atoms with Gasteiger partial charge in [0, 0.05) is 36.0 Å². The lowest BCUT2D eigenvalue weighted by Crippen LogP contribution is -2.35. The van der Waals surface area contributed by atoms with E-state index in [0.29, 0.717) is 24.0 Å². The lowest BCUT2D eigenvalue weighted by molar-refractivity contribution is 0.0200. The first kappa shape index (κ1) is 16.9. The van der Waals surface area contributed by atoms with Gasteiger partial charge in [0.15, 0.2) is 0 Å². The van der Waals surface area contributed by atoms with Gasteiger partial charge in [-0.05, 0) is 25.3 Å². The minimum Gasteiger partial charge on any atom is -0.377 e. The molecule has 0 amide bonds. The van der Waals surface area contributed by atoms with E-state index in [4.69, 9.17) is 4.74 Å². The molecule has 1 aliphatic rings. The molecule has 1 aliphatic heterocycles. The molecule has 0 saturated carbocycles. The molecule has 0 aliphatic carbocycles. The summed E-state index contributed by atoms with van der Waals surface area (Å²) in [4.78, 5) is 1.38. The number of rotatable bonds is 7. The summed E-state index contributed by atoms with van der Waals surface area (Å²) in [6.07, 6.45) is 3.11. The minimum absolute atomic E-state index is 0.00855. The van der Waals surface area contributed by atoms with Gasteiger partial charge in [-0.15, -0.1) is 11.3 Å². The Hall–Kier alpha value is -0.470. The van der Waals surface area contributed by atoms with Crippen LogP contribution in [0.4, 0.5) is 0 Å². The van der Waals surface area contributed by atoms with Crippen LogP contribution in [0.1, 0.15) is 38.0 Å². The first-order chi connectivity index (χ1) is 9.97. The van der Waals surface area contributed by atoms with Crippen LogP contribution in [0.3, 0.4) is 0 Å². The topological polar surface area (TPSA) is 67.4 Å². The third-order valence-electron chi connectivity index (χ3n) is 3.40. The average Bonchev–Trinajstić information content (AvgIpc) is 2.94. The van der Waals surface area contributed by atoms with E-state index in [0.717, 1.165) is 30.7 Å². The molecular weight excluding hydrogens is 308 g/mol. The van der Waals surface area contributed by atoms with Crippen LogP contribution in [-0.4, -0.2) is 33.7 Å². The van der Waals surface area contributed by atoms with E-state index in [1.165, 1.54) is 11.3 Å². The van der Waals surface area contributed by atoms with E-state index < -0.39 is 10.0 Å². The van der Waals surface area contributed by atoms with Crippen molar-refractivity contribution < 1.29 is 13.2 Å². The number of hydrogen-bond donors (Lipinski definition) is 2. The SMILES string of the molecule is CC(C)NCc1cc(S(=O)(=O)NCC2CCCCO2)cs1. The highest BCUT2D eigenvalue weighted by atomic mass is 32.2. The van der Waals surface area contributed by atoms with Crippen molar-refractivity contribution in [2.45, 2.75) is 56.7 Å². The third kappa shape index (κ3) is 5.34. The predicted octanol–water partition coefficient (Wildman–Crippen LogP) is 2.09. The molecule has 0 radical (unpaired) electrons. The molecule has 1 aromatic rings. The molecule has 1 aromatic heterocycles. The second kappa shape index (κ2) is 7.69. The second-order valence-corrected chi connectivity index (χ2v) is 8.39. The lowest BCUT2D eigenvalue weighted by atomic mass is 10.1. The van der Waals surface area contributed by atoms with Crippen molar-refractivity contribution in [2.75, 3.05) is 13.2 Å². The number of nitrogens with one attached hydrogen (secondary N) is 2. The van der Waals surface area contributed by atoms with Gasteiger partial charge < -0.3 is 10.1 Å². The van der Waals surface area contributed by atoms with E-state index in [9.17, 15) is 8.42 Å². The Kier molecular flexibility index (Phi) is 6.19. The molecule has 1 saturated heterocycles. The van der Waals surface area contributed by atoms with Crippen LogP contribution >= 0.6 is 11.3 Å². The Morgan fingerprint density at radius 1 is 1.43 bits per heavy atom. The van der Waals surface area contributed by atoms with Gasteiger partial charge in [0.05, 0.1) is 11.0 Å². The molecule has 1 unspecified atom stereocenters. The number of hydrogen-bond acceptors (Lipinski definition) is 5. The fraction of sp³-hybridized carbons (Fsp3) is 0.714. The fourth-order valence-corrected chi connectivity index (χ4v) is 4.45. The molecule has 0 spiro atoms. The second-order valence-electron chi connectivity index (χ2n) is 5.62. The molecule has 7 heteroatoms. The van der Waals surface area contributed by atoms with Crippen molar-refractivity contribution >= 4 is 21.4 Å². The quantitative estimate of drug-likeness (QED) is 0.802. The van der Waals surface area contributed by atoms with Crippen molar-refractivity contribution in [3.8, 4) is 0 Å². The van der Waals surface area contributed by atoms with E-state index in [1.54, 1.807) is 11.4 Å². The Balaban J connectivity index is 1.89. The largest absolute Gasteiger partial charge is 0.377 e. The van der Waals surface area contributed by atoms with Crippen LogP contribution < -0.4 is 10.0 Å². The highest BCUT2D eigenvalue weighted by Gasteiger charge is 2.20. The minimum atomic E-state index is -3.42. The van der Waals surface area contributed by atoms with Gasteiger partial charge in [-0.2, -0.15) is 0 Å². The van der Waals surface area contributed by atoms with Gasteiger partial charge in [0.25, 0.3) is 0 Å². The summed E-state index contributed by atoms with van der Waals surface area (Å²) in [7, 11) is -3.42. The van der Waals surface area contributed by atoms with Gasteiger partial charge in [0.1, 0.15) is 0 Å². The van der Waals surface area contributed by atoms with Gasteiger partial charge in [-0.1, -0.05) is 13.8 Å². The van der Waals surface area contributed by atoms with Crippen LogP contribution in [0.5, 0.6) is 0 Å². The molecule has 5 nitrogen and oxygen atoms in total.